The van der Waals surface area contributed by atoms with Crippen LogP contribution in [-0.2, 0) is 11.2 Å². The van der Waals surface area contributed by atoms with Crippen LogP contribution in [0.2, 0.25) is 0 Å². The van der Waals surface area contributed by atoms with Crippen molar-refractivity contribution in [2.24, 2.45) is 0 Å². The zero-order chi connectivity index (χ0) is 29.2. The van der Waals surface area contributed by atoms with E-state index in [2.05, 4.69) is 4.98 Å². The van der Waals surface area contributed by atoms with E-state index in [-0.39, 0.29) is 24.8 Å². The lowest BCUT2D eigenvalue weighted by molar-refractivity contribution is -0.137. The van der Waals surface area contributed by atoms with E-state index in [4.69, 9.17) is 4.74 Å². The Morgan fingerprint density at radius 1 is 0.805 bits per heavy atom. The quantitative estimate of drug-likeness (QED) is 0.247. The fourth-order valence-corrected chi connectivity index (χ4v) is 4.64. The lowest BCUT2D eigenvalue weighted by atomic mass is 9.94. The van der Waals surface area contributed by atoms with E-state index in [0.717, 1.165) is 11.3 Å². The van der Waals surface area contributed by atoms with Gasteiger partial charge >= 0.3 is 5.97 Å². The van der Waals surface area contributed by atoms with Gasteiger partial charge in [-0.1, -0.05) is 54.6 Å². The Labute approximate surface area is 239 Å². The second-order valence-corrected chi connectivity index (χ2v) is 9.39. The van der Waals surface area contributed by atoms with Gasteiger partial charge in [-0.2, -0.15) is 0 Å². The number of benzene rings is 3. The van der Waals surface area contributed by atoms with Gasteiger partial charge in [0.15, 0.2) is 0 Å². The highest BCUT2D eigenvalue weighted by molar-refractivity contribution is 6.11. The monoisotopic (exact) mass is 551 g/mol. The van der Waals surface area contributed by atoms with Gasteiger partial charge in [0.05, 0.1) is 24.9 Å². The Bertz CT molecular complexity index is 1510. The van der Waals surface area contributed by atoms with Gasteiger partial charge in [0.1, 0.15) is 5.75 Å². The Balaban J connectivity index is 1.67. The molecule has 210 valence electrons. The highest BCUT2D eigenvalue weighted by Crippen LogP contribution is 2.30. The fourth-order valence-electron chi connectivity index (χ4n) is 4.64. The normalized spacial score (nSPS) is 10.6. The summed E-state index contributed by atoms with van der Waals surface area (Å²) >= 11 is 0. The topological polar surface area (TPSA) is 100 Å². The minimum Gasteiger partial charge on any atom is -0.494 e. The summed E-state index contributed by atoms with van der Waals surface area (Å²) in [5.74, 6) is -0.795. The van der Waals surface area contributed by atoms with Crippen LogP contribution >= 0.6 is 0 Å². The molecule has 4 rings (SSSR count). The molecule has 2 amide bonds. The van der Waals surface area contributed by atoms with E-state index >= 15 is 0 Å². The summed E-state index contributed by atoms with van der Waals surface area (Å²) < 4.78 is 5.74. The summed E-state index contributed by atoms with van der Waals surface area (Å²) in [7, 11) is 1.68. The summed E-state index contributed by atoms with van der Waals surface area (Å²) in [5, 5.41) is 9.39. The third kappa shape index (κ3) is 7.16. The average Bonchev–Trinajstić information content (AvgIpc) is 3.01. The van der Waals surface area contributed by atoms with Crippen molar-refractivity contribution in [1.82, 2.24) is 9.88 Å². The number of amides is 2. The number of anilines is 1. The number of nitrogens with zero attached hydrogens (tertiary/aromatic N) is 3. The van der Waals surface area contributed by atoms with Gasteiger partial charge in [0.25, 0.3) is 11.8 Å². The van der Waals surface area contributed by atoms with Gasteiger partial charge in [0, 0.05) is 37.5 Å². The highest BCUT2D eigenvalue weighted by atomic mass is 16.5. The first-order valence-electron chi connectivity index (χ1n) is 13.5. The van der Waals surface area contributed by atoms with Crippen molar-refractivity contribution in [3.05, 3.63) is 114 Å². The first-order chi connectivity index (χ1) is 19.9. The van der Waals surface area contributed by atoms with Crippen molar-refractivity contribution in [1.29, 1.82) is 0 Å². The summed E-state index contributed by atoms with van der Waals surface area (Å²) in [4.78, 5) is 46.3. The Kier molecular flexibility index (Phi) is 9.83. The van der Waals surface area contributed by atoms with Gasteiger partial charge in [-0.25, -0.2) is 0 Å². The number of carboxylic acid groups (broad SMARTS) is 1. The number of carboxylic acids is 1. The van der Waals surface area contributed by atoms with E-state index < -0.39 is 5.97 Å². The van der Waals surface area contributed by atoms with Gasteiger partial charge in [0.2, 0.25) is 0 Å². The number of carbonyl (C=O) groups is 3. The number of hydrogen-bond acceptors (Lipinski definition) is 5. The maximum absolute atomic E-state index is 14.0. The molecule has 0 saturated carbocycles. The first kappa shape index (κ1) is 29.0. The smallest absolute Gasteiger partial charge is 0.305 e. The second-order valence-electron chi connectivity index (χ2n) is 9.39. The standard InChI is InChI=1S/C33H33N3O5/c1-3-41-30-17-9-4-11-24(30)18-21-36(22-19-31(37)38)33(40)29-16-8-6-14-27(29)26-13-5-7-15-28(26)32(39)35(2)25-12-10-20-34-23-25/h4-17,20,23H,3,18-19,21-22H2,1-2H3,(H,37,38). The van der Waals surface area contributed by atoms with Gasteiger partial charge < -0.3 is 19.6 Å². The van der Waals surface area contributed by atoms with Crippen molar-refractivity contribution in [3.63, 3.8) is 0 Å². The maximum Gasteiger partial charge on any atom is 0.305 e. The zero-order valence-corrected chi connectivity index (χ0v) is 23.2. The van der Waals surface area contributed by atoms with Crippen molar-refractivity contribution >= 4 is 23.5 Å². The molecule has 3 aromatic carbocycles. The molecule has 0 saturated heterocycles. The van der Waals surface area contributed by atoms with Crippen LogP contribution in [0.3, 0.4) is 0 Å². The van der Waals surface area contributed by atoms with Crippen LogP contribution in [0.15, 0.2) is 97.3 Å². The van der Waals surface area contributed by atoms with E-state index in [1.165, 1.54) is 4.90 Å². The lowest BCUT2D eigenvalue weighted by Crippen LogP contribution is -2.35. The van der Waals surface area contributed by atoms with Crippen molar-refractivity contribution in [2.45, 2.75) is 19.8 Å². The Morgan fingerprint density at radius 2 is 1.44 bits per heavy atom. The van der Waals surface area contributed by atoms with Crippen LogP contribution < -0.4 is 9.64 Å². The van der Waals surface area contributed by atoms with E-state index in [9.17, 15) is 19.5 Å². The number of aromatic nitrogens is 1. The molecule has 0 radical (unpaired) electrons. The van der Waals surface area contributed by atoms with Crippen LogP contribution in [0.4, 0.5) is 5.69 Å². The van der Waals surface area contributed by atoms with Crippen LogP contribution in [0, 0.1) is 0 Å². The van der Waals surface area contributed by atoms with Crippen molar-refractivity contribution < 1.29 is 24.2 Å². The molecule has 0 aliphatic heterocycles. The lowest BCUT2D eigenvalue weighted by Gasteiger charge is -2.25. The number of pyridine rings is 1. The summed E-state index contributed by atoms with van der Waals surface area (Å²) in [5.41, 5.74) is 3.60. The fraction of sp³-hybridized carbons (Fsp3) is 0.212. The third-order valence-electron chi connectivity index (χ3n) is 6.75. The number of ether oxygens (including phenoxy) is 1. The number of aliphatic carboxylic acids is 1. The van der Waals surface area contributed by atoms with E-state index in [1.807, 2.05) is 55.5 Å². The Hall–Kier alpha value is -4.98. The van der Waals surface area contributed by atoms with Crippen LogP contribution in [0.5, 0.6) is 5.75 Å². The molecule has 0 spiro atoms. The molecule has 8 heteroatoms. The summed E-state index contributed by atoms with van der Waals surface area (Å²) in [6.07, 6.45) is 3.56. The highest BCUT2D eigenvalue weighted by Gasteiger charge is 2.24. The van der Waals surface area contributed by atoms with Crippen LogP contribution in [0.25, 0.3) is 11.1 Å². The molecule has 8 nitrogen and oxygen atoms in total. The molecule has 1 N–H and O–H groups in total. The molecule has 0 atom stereocenters. The third-order valence-corrected chi connectivity index (χ3v) is 6.75. The molecule has 0 unspecified atom stereocenters. The molecule has 4 aromatic rings. The molecule has 0 aliphatic carbocycles. The first-order valence-corrected chi connectivity index (χ1v) is 13.5. The van der Waals surface area contributed by atoms with Gasteiger partial charge in [-0.15, -0.1) is 0 Å². The van der Waals surface area contributed by atoms with Crippen molar-refractivity contribution in [3.8, 4) is 16.9 Å². The van der Waals surface area contributed by atoms with Crippen LogP contribution in [-0.4, -0.2) is 59.5 Å². The molecule has 0 fully saturated rings. The number of para-hydroxylation sites is 1. The summed E-state index contributed by atoms with van der Waals surface area (Å²) in [6.45, 7) is 2.77. The van der Waals surface area contributed by atoms with Gasteiger partial charge in [-0.05, 0) is 60.4 Å². The average molecular weight is 552 g/mol. The number of carbonyl (C=O) groups excluding carboxylic acids is 2. The number of rotatable bonds is 12. The minimum absolute atomic E-state index is 0.0453. The van der Waals surface area contributed by atoms with Crippen LogP contribution in [0.1, 0.15) is 39.6 Å². The van der Waals surface area contributed by atoms with E-state index in [0.29, 0.717) is 47.5 Å². The SMILES string of the molecule is CCOc1ccccc1CCN(CCC(=O)O)C(=O)c1ccccc1-c1ccccc1C(=O)N(C)c1cccnc1. The van der Waals surface area contributed by atoms with Crippen molar-refractivity contribution in [2.75, 3.05) is 31.6 Å². The largest absolute Gasteiger partial charge is 0.494 e. The molecular weight excluding hydrogens is 518 g/mol. The number of hydrogen-bond donors (Lipinski definition) is 1. The molecule has 1 aromatic heterocycles. The second kappa shape index (κ2) is 13.9. The molecular formula is C33H33N3O5. The van der Waals surface area contributed by atoms with Gasteiger partial charge in [-0.3, -0.25) is 19.4 Å². The predicted molar refractivity (Wildman–Crippen MR) is 158 cm³/mol. The molecule has 1 heterocycles. The summed E-state index contributed by atoms with van der Waals surface area (Å²) in [6, 6.07) is 25.5. The van der Waals surface area contributed by atoms with E-state index in [1.54, 1.807) is 60.7 Å². The predicted octanol–water partition coefficient (Wildman–Crippen LogP) is 5.58. The zero-order valence-electron chi connectivity index (χ0n) is 23.2. The molecule has 0 aliphatic rings. The molecule has 41 heavy (non-hydrogen) atoms. The maximum atomic E-state index is 14.0. The Morgan fingerprint density at radius 3 is 2.07 bits per heavy atom. The minimum atomic E-state index is -0.986. The molecule has 0 bridgehead atoms.